The third kappa shape index (κ3) is 4.67. The van der Waals surface area contributed by atoms with Crippen molar-refractivity contribution in [2.24, 2.45) is 0 Å². The first-order valence-corrected chi connectivity index (χ1v) is 10.4. The van der Waals surface area contributed by atoms with Crippen LogP contribution in [0, 0.1) is 10.1 Å². The van der Waals surface area contributed by atoms with Crippen LogP contribution in [-0.2, 0) is 20.8 Å². The summed E-state index contributed by atoms with van der Waals surface area (Å²) in [4.78, 5) is 11.7. The van der Waals surface area contributed by atoms with E-state index in [1.807, 2.05) is 0 Å². The van der Waals surface area contributed by atoms with E-state index in [9.17, 15) is 31.7 Å². The molecule has 0 amide bonds. The van der Waals surface area contributed by atoms with Crippen molar-refractivity contribution in [1.29, 1.82) is 0 Å². The van der Waals surface area contributed by atoms with E-state index >= 15 is 0 Å². The van der Waals surface area contributed by atoms with Gasteiger partial charge < -0.3 is 9.64 Å². The molecule has 156 valence electrons. The van der Waals surface area contributed by atoms with Crippen molar-refractivity contribution < 1.29 is 31.2 Å². The molecule has 1 atom stereocenters. The van der Waals surface area contributed by atoms with Gasteiger partial charge in [0.2, 0.25) is 0 Å². The molecule has 0 spiro atoms. The van der Waals surface area contributed by atoms with E-state index in [1.54, 1.807) is 4.90 Å². The Morgan fingerprint density at radius 3 is 2.55 bits per heavy atom. The van der Waals surface area contributed by atoms with Gasteiger partial charge in [-0.25, -0.2) is 8.42 Å². The molecule has 0 radical (unpaired) electrons. The van der Waals surface area contributed by atoms with Crippen molar-refractivity contribution in [3.63, 3.8) is 0 Å². The molecule has 1 fully saturated rings. The molecule has 0 N–H and O–H groups in total. The Bertz CT molecular complexity index is 1040. The Labute approximate surface area is 164 Å². The summed E-state index contributed by atoms with van der Waals surface area (Å²) in [6, 6.07) is 8.56. The maximum Gasteiger partial charge on any atom is 0.416 e. The Morgan fingerprint density at radius 2 is 1.93 bits per heavy atom. The van der Waals surface area contributed by atoms with Gasteiger partial charge in [0, 0.05) is 31.1 Å². The predicted molar refractivity (Wildman–Crippen MR) is 98.6 cm³/mol. The quantitative estimate of drug-likeness (QED) is 0.544. The first kappa shape index (κ1) is 21.1. The highest BCUT2D eigenvalue weighted by Gasteiger charge is 2.32. The monoisotopic (exact) mass is 430 g/mol. The van der Waals surface area contributed by atoms with Crippen LogP contribution >= 0.6 is 0 Å². The minimum atomic E-state index is -4.48. The predicted octanol–water partition coefficient (Wildman–Crippen LogP) is 3.60. The Morgan fingerprint density at radius 1 is 1.21 bits per heavy atom. The summed E-state index contributed by atoms with van der Waals surface area (Å²) in [5, 5.41) is 11.1. The van der Waals surface area contributed by atoms with Gasteiger partial charge in [-0.1, -0.05) is 12.1 Å². The van der Waals surface area contributed by atoms with E-state index in [-0.39, 0.29) is 13.2 Å². The number of nitro benzene ring substituents is 1. The number of nitro groups is 1. The highest BCUT2D eigenvalue weighted by Crippen LogP contribution is 2.34. The molecular weight excluding hydrogens is 413 g/mol. The lowest BCUT2D eigenvalue weighted by Crippen LogP contribution is -2.38. The number of ether oxygens (including phenoxy) is 1. The molecule has 7 nitrogen and oxygen atoms in total. The first-order chi connectivity index (χ1) is 13.5. The van der Waals surface area contributed by atoms with Gasteiger partial charge in [0.1, 0.15) is 11.0 Å². The third-order valence-electron chi connectivity index (χ3n) is 4.56. The van der Waals surface area contributed by atoms with Crippen LogP contribution in [0.4, 0.5) is 24.5 Å². The van der Waals surface area contributed by atoms with Crippen LogP contribution in [0.3, 0.4) is 0 Å². The summed E-state index contributed by atoms with van der Waals surface area (Å²) in [5.74, 6) is 0. The van der Waals surface area contributed by atoms with Gasteiger partial charge in [-0.2, -0.15) is 13.2 Å². The van der Waals surface area contributed by atoms with E-state index in [0.717, 1.165) is 24.5 Å². The summed E-state index contributed by atoms with van der Waals surface area (Å²) in [7, 11) is -3.85. The van der Waals surface area contributed by atoms with Crippen LogP contribution in [0.1, 0.15) is 17.2 Å². The normalized spacial score (nSPS) is 17.9. The smallest absolute Gasteiger partial charge is 0.370 e. The third-order valence-corrected chi connectivity index (χ3v) is 5.68. The molecule has 0 bridgehead atoms. The lowest BCUT2D eigenvalue weighted by Gasteiger charge is -2.35. The highest BCUT2D eigenvalue weighted by molar-refractivity contribution is 7.90. The zero-order valence-corrected chi connectivity index (χ0v) is 16.0. The van der Waals surface area contributed by atoms with E-state index < -0.39 is 43.2 Å². The summed E-state index contributed by atoms with van der Waals surface area (Å²) < 4.78 is 68.4. The fourth-order valence-electron chi connectivity index (χ4n) is 3.15. The average molecular weight is 430 g/mol. The minimum Gasteiger partial charge on any atom is -0.370 e. The number of benzene rings is 2. The number of nitrogens with zero attached hydrogens (tertiary/aromatic N) is 2. The van der Waals surface area contributed by atoms with E-state index in [0.29, 0.717) is 17.8 Å². The number of alkyl halides is 3. The van der Waals surface area contributed by atoms with Gasteiger partial charge in [0.05, 0.1) is 17.1 Å². The highest BCUT2D eigenvalue weighted by atomic mass is 32.2. The van der Waals surface area contributed by atoms with Gasteiger partial charge >= 0.3 is 6.18 Å². The molecule has 2 aromatic carbocycles. The number of halogens is 3. The van der Waals surface area contributed by atoms with Crippen molar-refractivity contribution in [2.75, 3.05) is 30.9 Å². The van der Waals surface area contributed by atoms with E-state index in [2.05, 4.69) is 0 Å². The summed E-state index contributed by atoms with van der Waals surface area (Å²) in [5.41, 5.74) is -0.560. The topological polar surface area (TPSA) is 89.8 Å². The minimum absolute atomic E-state index is 0.169. The molecular formula is C18H17F3N2O5S. The summed E-state index contributed by atoms with van der Waals surface area (Å²) in [6.45, 7) is 0.727. The molecule has 0 aliphatic carbocycles. The Hall–Kier alpha value is -2.66. The van der Waals surface area contributed by atoms with Crippen molar-refractivity contribution in [3.8, 4) is 0 Å². The maximum absolute atomic E-state index is 13.0. The van der Waals surface area contributed by atoms with Crippen LogP contribution < -0.4 is 4.90 Å². The molecule has 29 heavy (non-hydrogen) atoms. The largest absolute Gasteiger partial charge is 0.416 e. The SMILES string of the molecule is CS(=O)(=O)c1cc(N2CCOC(c3cccc(C(F)(F)F)c3)C2)ccc1[N+](=O)[O-]. The summed E-state index contributed by atoms with van der Waals surface area (Å²) in [6.07, 6.45) is -4.26. The molecule has 1 saturated heterocycles. The number of rotatable bonds is 4. The van der Waals surface area contributed by atoms with Gasteiger partial charge in [0.15, 0.2) is 9.84 Å². The first-order valence-electron chi connectivity index (χ1n) is 8.49. The van der Waals surface area contributed by atoms with Crippen LogP contribution in [0.25, 0.3) is 0 Å². The number of hydrogen-bond donors (Lipinski definition) is 0. The summed E-state index contributed by atoms with van der Waals surface area (Å²) >= 11 is 0. The fourth-order valence-corrected chi connectivity index (χ4v) is 4.01. The van der Waals surface area contributed by atoms with Crippen molar-refractivity contribution in [1.82, 2.24) is 0 Å². The number of hydrogen-bond acceptors (Lipinski definition) is 6. The van der Waals surface area contributed by atoms with Gasteiger partial charge in [-0.15, -0.1) is 0 Å². The molecule has 3 rings (SSSR count). The lowest BCUT2D eigenvalue weighted by atomic mass is 10.0. The Balaban J connectivity index is 1.91. The molecule has 1 aliphatic heterocycles. The number of morpholine rings is 1. The van der Waals surface area contributed by atoms with E-state index in [1.165, 1.54) is 24.3 Å². The van der Waals surface area contributed by atoms with Crippen LogP contribution in [0.15, 0.2) is 47.4 Å². The van der Waals surface area contributed by atoms with Crippen LogP contribution in [0.2, 0.25) is 0 Å². The maximum atomic E-state index is 13.0. The molecule has 1 heterocycles. The van der Waals surface area contributed by atoms with Crippen molar-refractivity contribution in [3.05, 3.63) is 63.7 Å². The Kier molecular flexibility index (Phi) is 5.54. The fraction of sp³-hybridized carbons (Fsp3) is 0.333. The molecule has 2 aromatic rings. The number of sulfone groups is 1. The standard InChI is InChI=1S/C18H17F3N2O5S/c1-29(26,27)17-10-14(5-6-15(17)23(24)25)22-7-8-28-16(11-22)12-3-2-4-13(9-12)18(19,20)21/h2-6,9-10,16H,7-8,11H2,1H3. The van der Waals surface area contributed by atoms with Gasteiger partial charge in [-0.05, 0) is 29.8 Å². The molecule has 0 saturated carbocycles. The zero-order chi connectivity index (χ0) is 21.4. The van der Waals surface area contributed by atoms with Crippen LogP contribution in [-0.4, -0.2) is 39.3 Å². The molecule has 1 aliphatic rings. The molecule has 11 heteroatoms. The van der Waals surface area contributed by atoms with Crippen molar-refractivity contribution in [2.45, 2.75) is 17.2 Å². The molecule has 1 unspecified atom stereocenters. The molecule has 0 aromatic heterocycles. The number of anilines is 1. The zero-order valence-electron chi connectivity index (χ0n) is 15.2. The second-order valence-electron chi connectivity index (χ2n) is 6.61. The second kappa shape index (κ2) is 7.64. The lowest BCUT2D eigenvalue weighted by molar-refractivity contribution is -0.387. The van der Waals surface area contributed by atoms with E-state index in [4.69, 9.17) is 4.74 Å². The average Bonchev–Trinajstić information content (AvgIpc) is 2.66. The van der Waals surface area contributed by atoms with Crippen LogP contribution in [0.5, 0.6) is 0 Å². The second-order valence-corrected chi connectivity index (χ2v) is 8.59. The van der Waals surface area contributed by atoms with Gasteiger partial charge in [-0.3, -0.25) is 10.1 Å². The van der Waals surface area contributed by atoms with Gasteiger partial charge in [0.25, 0.3) is 5.69 Å². The van der Waals surface area contributed by atoms with Crippen molar-refractivity contribution >= 4 is 21.2 Å².